The van der Waals surface area contributed by atoms with Crippen LogP contribution in [0.5, 0.6) is 0 Å². The van der Waals surface area contributed by atoms with E-state index in [-0.39, 0.29) is 17.9 Å². The predicted molar refractivity (Wildman–Crippen MR) is 89.5 cm³/mol. The summed E-state index contributed by atoms with van der Waals surface area (Å²) in [6, 6.07) is 7.02. The third-order valence-electron chi connectivity index (χ3n) is 3.64. The van der Waals surface area contributed by atoms with Crippen LogP contribution >= 0.6 is 23.2 Å². The molecule has 0 radical (unpaired) electrons. The van der Waals surface area contributed by atoms with Crippen molar-refractivity contribution in [2.24, 2.45) is 0 Å². The molecule has 7 nitrogen and oxygen atoms in total. The molecule has 1 atom stereocenters. The van der Waals surface area contributed by atoms with Crippen molar-refractivity contribution in [3.8, 4) is 0 Å². The molecule has 0 saturated heterocycles. The number of allylic oxidation sites excluding steroid dienone is 1. The van der Waals surface area contributed by atoms with Crippen LogP contribution in [0.1, 0.15) is 11.6 Å². The van der Waals surface area contributed by atoms with E-state index in [0.29, 0.717) is 21.9 Å². The lowest BCUT2D eigenvalue weighted by molar-refractivity contribution is 0.0739. The fourth-order valence-corrected chi connectivity index (χ4v) is 3.08. The number of imidazole rings is 1. The predicted octanol–water partition coefficient (Wildman–Crippen LogP) is 3.15. The maximum absolute atomic E-state index is 6.39. The van der Waals surface area contributed by atoms with Crippen LogP contribution in [0.25, 0.3) is 11.2 Å². The van der Waals surface area contributed by atoms with Gasteiger partial charge in [-0.15, -0.1) is 0 Å². The number of ether oxygens (including phenoxy) is 2. The van der Waals surface area contributed by atoms with Crippen LogP contribution < -0.4 is 5.73 Å². The van der Waals surface area contributed by atoms with Gasteiger partial charge in [0.1, 0.15) is 17.8 Å². The van der Waals surface area contributed by atoms with E-state index in [1.807, 2.05) is 18.2 Å². The largest absolute Gasteiger partial charge is 0.462 e. The highest BCUT2D eigenvalue weighted by Crippen LogP contribution is 2.36. The Morgan fingerprint density at radius 1 is 1.21 bits per heavy atom. The van der Waals surface area contributed by atoms with Gasteiger partial charge in [0.15, 0.2) is 16.6 Å². The molecule has 1 unspecified atom stereocenters. The summed E-state index contributed by atoms with van der Waals surface area (Å²) in [4.78, 5) is 12.5. The number of nitrogens with zero attached hydrogens (tertiary/aromatic N) is 4. The Balaban J connectivity index is 1.96. The molecule has 3 heterocycles. The molecule has 0 saturated carbocycles. The van der Waals surface area contributed by atoms with Gasteiger partial charge in [-0.05, 0) is 6.07 Å². The van der Waals surface area contributed by atoms with Crippen molar-refractivity contribution in [1.82, 2.24) is 19.5 Å². The van der Waals surface area contributed by atoms with Crippen LogP contribution in [0.2, 0.25) is 10.2 Å². The summed E-state index contributed by atoms with van der Waals surface area (Å²) in [5.41, 5.74) is 7.47. The summed E-state index contributed by atoms with van der Waals surface area (Å²) in [5.74, 6) is 0.639. The molecule has 1 aromatic carbocycles. The zero-order chi connectivity index (χ0) is 16.7. The number of rotatable bonds is 3. The standard InChI is InChI=1S/C15H11Cl2N5O2/c16-9-4-2-1-3-8(9)12(10-5-23-7-24-10)22-6-19-11-13(17)20-15(18)21-14(11)22/h1-6,12H,7H2,(H2,18,20,21). The number of fused-ring (bicyclic) bond motifs is 1. The molecule has 1 aliphatic rings. The van der Waals surface area contributed by atoms with Gasteiger partial charge >= 0.3 is 0 Å². The minimum atomic E-state index is -0.420. The minimum Gasteiger partial charge on any atom is -0.462 e. The number of hydrogen-bond donors (Lipinski definition) is 1. The number of nitrogens with two attached hydrogens (primary N) is 1. The van der Waals surface area contributed by atoms with E-state index >= 15 is 0 Å². The Morgan fingerprint density at radius 3 is 2.79 bits per heavy atom. The second-order valence-electron chi connectivity index (χ2n) is 5.07. The van der Waals surface area contributed by atoms with Crippen molar-refractivity contribution in [3.05, 3.63) is 58.4 Å². The molecule has 1 aliphatic heterocycles. The average molecular weight is 364 g/mol. The highest BCUT2D eigenvalue weighted by atomic mass is 35.5. The van der Waals surface area contributed by atoms with Gasteiger partial charge in [-0.25, -0.2) is 4.98 Å². The Labute approximate surface area is 146 Å². The first-order valence-electron chi connectivity index (χ1n) is 6.99. The van der Waals surface area contributed by atoms with Crippen molar-refractivity contribution < 1.29 is 9.47 Å². The first-order chi connectivity index (χ1) is 11.6. The molecule has 122 valence electrons. The normalized spacial score (nSPS) is 15.0. The smallest absolute Gasteiger partial charge is 0.229 e. The zero-order valence-corrected chi connectivity index (χ0v) is 13.7. The monoisotopic (exact) mass is 363 g/mol. The van der Waals surface area contributed by atoms with Crippen molar-refractivity contribution in [3.63, 3.8) is 0 Å². The van der Waals surface area contributed by atoms with Gasteiger partial charge in [0.05, 0.1) is 6.33 Å². The van der Waals surface area contributed by atoms with E-state index < -0.39 is 6.04 Å². The molecule has 0 bridgehead atoms. The summed E-state index contributed by atoms with van der Waals surface area (Å²) in [7, 11) is 0. The van der Waals surface area contributed by atoms with E-state index in [2.05, 4.69) is 15.0 Å². The van der Waals surface area contributed by atoms with Gasteiger partial charge in [-0.3, -0.25) is 4.57 Å². The van der Waals surface area contributed by atoms with Gasteiger partial charge in [-0.1, -0.05) is 41.4 Å². The molecule has 0 aliphatic carbocycles. The molecule has 2 N–H and O–H groups in total. The summed E-state index contributed by atoms with van der Waals surface area (Å²) in [5, 5.41) is 0.764. The molecule has 0 spiro atoms. The second kappa shape index (κ2) is 5.85. The summed E-state index contributed by atoms with van der Waals surface area (Å²) < 4.78 is 12.6. The maximum Gasteiger partial charge on any atom is 0.229 e. The lowest BCUT2D eigenvalue weighted by atomic mass is 10.1. The Kier molecular flexibility index (Phi) is 3.66. The zero-order valence-electron chi connectivity index (χ0n) is 12.2. The highest BCUT2D eigenvalue weighted by molar-refractivity contribution is 6.33. The topological polar surface area (TPSA) is 88.1 Å². The number of anilines is 1. The van der Waals surface area contributed by atoms with Crippen LogP contribution in [0.4, 0.5) is 5.95 Å². The number of halogens is 2. The van der Waals surface area contributed by atoms with Crippen LogP contribution in [0.3, 0.4) is 0 Å². The molecular weight excluding hydrogens is 353 g/mol. The number of aromatic nitrogens is 4. The Hall–Kier alpha value is -2.51. The Bertz CT molecular complexity index is 956. The Morgan fingerprint density at radius 2 is 2.04 bits per heavy atom. The molecule has 24 heavy (non-hydrogen) atoms. The molecule has 9 heteroatoms. The number of hydrogen-bond acceptors (Lipinski definition) is 6. The lowest BCUT2D eigenvalue weighted by Gasteiger charge is -2.20. The average Bonchev–Trinajstić information content (AvgIpc) is 3.20. The van der Waals surface area contributed by atoms with E-state index in [9.17, 15) is 0 Å². The van der Waals surface area contributed by atoms with Gasteiger partial charge < -0.3 is 15.2 Å². The summed E-state index contributed by atoms with van der Waals surface area (Å²) in [6.45, 7) is 0.140. The fourth-order valence-electron chi connectivity index (χ4n) is 2.62. The minimum absolute atomic E-state index is 0.0599. The van der Waals surface area contributed by atoms with Crippen LogP contribution in [-0.2, 0) is 9.47 Å². The summed E-state index contributed by atoms with van der Waals surface area (Å²) >= 11 is 12.5. The van der Waals surface area contributed by atoms with E-state index in [1.165, 1.54) is 0 Å². The molecule has 0 amide bonds. The molecule has 3 aromatic rings. The van der Waals surface area contributed by atoms with Crippen molar-refractivity contribution in [2.45, 2.75) is 6.04 Å². The quantitative estimate of drug-likeness (QED) is 0.719. The third kappa shape index (κ3) is 2.42. The molecule has 4 rings (SSSR count). The van der Waals surface area contributed by atoms with Gasteiger partial charge in [0, 0.05) is 10.6 Å². The maximum atomic E-state index is 6.39. The van der Waals surface area contributed by atoms with Crippen LogP contribution in [0.15, 0.2) is 42.6 Å². The SMILES string of the molecule is Nc1nc(Cl)c2ncn(C(C3=COCO3)c3ccccc3Cl)c2n1. The van der Waals surface area contributed by atoms with E-state index in [0.717, 1.165) is 5.56 Å². The third-order valence-corrected chi connectivity index (χ3v) is 4.24. The van der Waals surface area contributed by atoms with Crippen molar-refractivity contribution >= 4 is 40.3 Å². The van der Waals surface area contributed by atoms with Crippen LogP contribution in [-0.4, -0.2) is 26.3 Å². The summed E-state index contributed by atoms with van der Waals surface area (Å²) in [6.07, 6.45) is 3.15. The fraction of sp³-hybridized carbons (Fsp3) is 0.133. The molecule has 2 aromatic heterocycles. The van der Waals surface area contributed by atoms with E-state index in [1.54, 1.807) is 23.2 Å². The van der Waals surface area contributed by atoms with E-state index in [4.69, 9.17) is 38.4 Å². The first kappa shape index (κ1) is 15.0. The number of benzene rings is 1. The first-order valence-corrected chi connectivity index (χ1v) is 7.75. The van der Waals surface area contributed by atoms with Gasteiger partial charge in [-0.2, -0.15) is 9.97 Å². The van der Waals surface area contributed by atoms with Crippen LogP contribution in [0, 0.1) is 0 Å². The lowest BCUT2D eigenvalue weighted by Crippen LogP contribution is -2.14. The molecule has 0 fully saturated rings. The van der Waals surface area contributed by atoms with Crippen molar-refractivity contribution in [2.75, 3.05) is 12.5 Å². The molecular formula is C15H11Cl2N5O2. The van der Waals surface area contributed by atoms with Gasteiger partial charge in [0.2, 0.25) is 12.7 Å². The van der Waals surface area contributed by atoms with Gasteiger partial charge in [0.25, 0.3) is 0 Å². The highest BCUT2D eigenvalue weighted by Gasteiger charge is 2.28. The second-order valence-corrected chi connectivity index (χ2v) is 5.84. The van der Waals surface area contributed by atoms with Crippen molar-refractivity contribution in [1.29, 1.82) is 0 Å². The number of nitrogen functional groups attached to an aromatic ring is 1.